The van der Waals surface area contributed by atoms with E-state index in [1.807, 2.05) is 56.6 Å². The molecular weight excluding hydrogens is 428 g/mol. The fourth-order valence-electron chi connectivity index (χ4n) is 5.76. The van der Waals surface area contributed by atoms with Crippen LogP contribution < -0.4 is 0 Å². The van der Waals surface area contributed by atoms with Crippen LogP contribution in [0.1, 0.15) is 49.7 Å². The first-order chi connectivity index (χ1) is 16.2. The average Bonchev–Trinajstić information content (AvgIpc) is 3.39. The highest BCUT2D eigenvalue weighted by molar-refractivity contribution is 5.87. The summed E-state index contributed by atoms with van der Waals surface area (Å²) in [7, 11) is 4.08. The van der Waals surface area contributed by atoms with Gasteiger partial charge in [-0.25, -0.2) is 0 Å². The largest absolute Gasteiger partial charge is 0.508 e. The maximum absolute atomic E-state index is 13.8. The molecule has 2 aromatic carbocycles. The molecule has 6 nitrogen and oxygen atoms in total. The minimum Gasteiger partial charge on any atom is -0.508 e. The van der Waals surface area contributed by atoms with Crippen molar-refractivity contribution in [2.24, 2.45) is 5.92 Å². The molecule has 184 valence electrons. The van der Waals surface area contributed by atoms with Crippen LogP contribution in [0.2, 0.25) is 0 Å². The van der Waals surface area contributed by atoms with Crippen LogP contribution in [-0.2, 0) is 16.8 Å². The molecule has 1 heterocycles. The molecular formula is C28H39N2O4+. The van der Waals surface area contributed by atoms with E-state index in [1.165, 1.54) is 0 Å². The van der Waals surface area contributed by atoms with Gasteiger partial charge in [-0.05, 0) is 36.1 Å². The summed E-state index contributed by atoms with van der Waals surface area (Å²) in [6, 6.07) is 16.6. The van der Waals surface area contributed by atoms with Gasteiger partial charge in [0.15, 0.2) is 5.60 Å². The maximum Gasteiger partial charge on any atom is 0.259 e. The summed E-state index contributed by atoms with van der Waals surface area (Å²) in [5.74, 6) is -0.0379. The predicted octanol–water partition coefficient (Wildman–Crippen LogP) is 3.40. The lowest BCUT2D eigenvalue weighted by atomic mass is 9.78. The van der Waals surface area contributed by atoms with E-state index in [4.69, 9.17) is 0 Å². The molecule has 0 bridgehead atoms. The van der Waals surface area contributed by atoms with Gasteiger partial charge in [0.1, 0.15) is 5.75 Å². The van der Waals surface area contributed by atoms with Crippen molar-refractivity contribution in [1.29, 1.82) is 0 Å². The first-order valence-corrected chi connectivity index (χ1v) is 12.6. The number of phenolic OH excluding ortho intramolecular Hbond substituents is 1. The Hall–Kier alpha value is -2.41. The Morgan fingerprint density at radius 3 is 2.21 bits per heavy atom. The molecule has 34 heavy (non-hydrogen) atoms. The van der Waals surface area contributed by atoms with Crippen molar-refractivity contribution >= 4 is 5.91 Å². The van der Waals surface area contributed by atoms with Crippen molar-refractivity contribution in [3.05, 3.63) is 65.7 Å². The van der Waals surface area contributed by atoms with Crippen LogP contribution in [0, 0.1) is 5.92 Å². The number of likely N-dealkylation sites (tertiary alicyclic amines) is 1. The van der Waals surface area contributed by atoms with Crippen LogP contribution in [0.3, 0.4) is 0 Å². The molecule has 4 rings (SSSR count). The molecule has 0 unspecified atom stereocenters. The van der Waals surface area contributed by atoms with Crippen LogP contribution in [-0.4, -0.2) is 70.1 Å². The summed E-state index contributed by atoms with van der Waals surface area (Å²) in [5, 5.41) is 32.9. The number of amides is 1. The van der Waals surface area contributed by atoms with Crippen LogP contribution in [0.15, 0.2) is 54.6 Å². The minimum atomic E-state index is -1.50. The second kappa shape index (κ2) is 9.68. The van der Waals surface area contributed by atoms with Gasteiger partial charge in [0.05, 0.1) is 20.6 Å². The summed E-state index contributed by atoms with van der Waals surface area (Å²) in [6.45, 7) is 1.60. The smallest absolute Gasteiger partial charge is 0.259 e. The minimum absolute atomic E-state index is 0.0688. The summed E-state index contributed by atoms with van der Waals surface area (Å²) in [5.41, 5.74) is -0.648. The normalized spacial score (nSPS) is 20.8. The second-order valence-corrected chi connectivity index (χ2v) is 10.7. The zero-order valence-electron chi connectivity index (χ0n) is 20.5. The topological polar surface area (TPSA) is 81.0 Å². The number of carbonyl (C=O) groups excluding carboxylic acids is 1. The average molecular weight is 468 g/mol. The molecule has 1 aliphatic heterocycles. The van der Waals surface area contributed by atoms with Crippen molar-refractivity contribution in [2.45, 2.75) is 56.3 Å². The lowest BCUT2D eigenvalue weighted by molar-refractivity contribution is -0.968. The molecule has 2 aromatic rings. The molecule has 1 saturated heterocycles. The van der Waals surface area contributed by atoms with E-state index >= 15 is 0 Å². The lowest BCUT2D eigenvalue weighted by Crippen LogP contribution is -2.65. The number of aliphatic hydroxyl groups is 2. The molecule has 1 atom stereocenters. The van der Waals surface area contributed by atoms with E-state index in [0.29, 0.717) is 36.0 Å². The van der Waals surface area contributed by atoms with Gasteiger partial charge in [-0.3, -0.25) is 4.79 Å². The summed E-state index contributed by atoms with van der Waals surface area (Å²) < 4.78 is 0.432. The van der Waals surface area contributed by atoms with E-state index < -0.39 is 11.3 Å². The number of rotatable bonds is 7. The Kier molecular flexibility index (Phi) is 7.04. The molecule has 3 N–H and O–H groups in total. The maximum atomic E-state index is 13.8. The van der Waals surface area contributed by atoms with Gasteiger partial charge < -0.3 is 24.7 Å². The number of likely N-dealkylation sites (N-methyl/N-ethyl adjacent to an activating group) is 1. The number of aromatic hydroxyl groups is 1. The quantitative estimate of drug-likeness (QED) is 0.431. The van der Waals surface area contributed by atoms with E-state index in [9.17, 15) is 20.1 Å². The first kappa shape index (κ1) is 24.7. The molecule has 0 radical (unpaired) electrons. The van der Waals surface area contributed by atoms with Gasteiger partial charge >= 0.3 is 0 Å². The highest BCUT2D eigenvalue weighted by Gasteiger charge is 2.52. The number of hydrogen-bond acceptors (Lipinski definition) is 4. The third kappa shape index (κ3) is 4.72. The highest BCUT2D eigenvalue weighted by atomic mass is 16.3. The second-order valence-electron chi connectivity index (χ2n) is 10.7. The Balaban J connectivity index is 1.44. The number of hydrogen-bond donors (Lipinski definition) is 3. The van der Waals surface area contributed by atoms with E-state index in [1.54, 1.807) is 17.0 Å². The van der Waals surface area contributed by atoms with E-state index in [-0.39, 0.29) is 17.6 Å². The zero-order chi connectivity index (χ0) is 24.4. The third-order valence-electron chi connectivity index (χ3n) is 8.36. The fraction of sp³-hybridized carbons (Fsp3) is 0.536. The van der Waals surface area contributed by atoms with Gasteiger partial charge in [0.2, 0.25) is 5.72 Å². The molecule has 6 heteroatoms. The number of quaternary nitrogens is 1. The van der Waals surface area contributed by atoms with Crippen LogP contribution in [0.5, 0.6) is 5.75 Å². The number of carbonyl (C=O) groups is 1. The monoisotopic (exact) mass is 467 g/mol. The summed E-state index contributed by atoms with van der Waals surface area (Å²) >= 11 is 0. The Bertz CT molecular complexity index is 962. The standard InChI is InChI=1S/C28H38N2O4/c1-30(2,21-16-22-12-14-25(31)15-13-22)27(33)17-19-29(20-18-27)26(32)28(34,24-10-6-7-11-24)23-8-4-3-5-9-23/h3-5,8-9,12-15,24,33-34H,6-7,10-11,16-21H2,1-2H3/p+1/t28-/m0/s1. The molecule has 0 spiro atoms. The van der Waals surface area contributed by atoms with Crippen LogP contribution >= 0.6 is 0 Å². The van der Waals surface area contributed by atoms with Crippen molar-refractivity contribution in [3.8, 4) is 5.75 Å². The molecule has 0 aromatic heterocycles. The number of nitrogens with zero attached hydrogens (tertiary/aromatic N) is 2. The summed E-state index contributed by atoms with van der Waals surface area (Å²) in [6.07, 6.45) is 5.52. The lowest BCUT2D eigenvalue weighted by Gasteiger charge is -2.50. The van der Waals surface area contributed by atoms with E-state index in [2.05, 4.69) is 0 Å². The number of phenols is 1. The predicted molar refractivity (Wildman–Crippen MR) is 132 cm³/mol. The zero-order valence-corrected chi connectivity index (χ0v) is 20.5. The Labute approximate surface area is 203 Å². The Morgan fingerprint density at radius 2 is 1.62 bits per heavy atom. The molecule has 1 aliphatic carbocycles. The van der Waals surface area contributed by atoms with Gasteiger partial charge in [-0.2, -0.15) is 0 Å². The molecule has 2 fully saturated rings. The molecule has 1 amide bonds. The van der Waals surface area contributed by atoms with Crippen molar-refractivity contribution in [2.75, 3.05) is 33.7 Å². The van der Waals surface area contributed by atoms with E-state index in [0.717, 1.165) is 44.2 Å². The number of benzene rings is 2. The van der Waals surface area contributed by atoms with Crippen molar-refractivity contribution in [1.82, 2.24) is 4.90 Å². The SMILES string of the molecule is C[N+](C)(CCc1ccc(O)cc1)C1(O)CCN(C(=O)[C@](O)(c2ccccc2)C2CCCC2)CC1. The first-order valence-electron chi connectivity index (χ1n) is 12.6. The van der Waals surface area contributed by atoms with Gasteiger partial charge in [0.25, 0.3) is 5.91 Å². The molecule has 2 aliphatic rings. The van der Waals surface area contributed by atoms with Crippen molar-refractivity contribution in [3.63, 3.8) is 0 Å². The Morgan fingerprint density at radius 1 is 1.03 bits per heavy atom. The van der Waals surface area contributed by atoms with Gasteiger partial charge in [0, 0.05) is 38.3 Å². The highest BCUT2D eigenvalue weighted by Crippen LogP contribution is 2.43. The molecule has 1 saturated carbocycles. The van der Waals surface area contributed by atoms with Crippen LogP contribution in [0.25, 0.3) is 0 Å². The number of piperidine rings is 1. The summed E-state index contributed by atoms with van der Waals surface area (Å²) in [4.78, 5) is 15.5. The van der Waals surface area contributed by atoms with Crippen LogP contribution in [0.4, 0.5) is 0 Å². The van der Waals surface area contributed by atoms with Gasteiger partial charge in [-0.15, -0.1) is 0 Å². The third-order valence-corrected chi connectivity index (χ3v) is 8.36. The van der Waals surface area contributed by atoms with Crippen molar-refractivity contribution < 1.29 is 24.6 Å². The van der Waals surface area contributed by atoms with Gasteiger partial charge in [-0.1, -0.05) is 55.3 Å². The fourth-order valence-corrected chi connectivity index (χ4v) is 5.76.